The second-order valence-electron chi connectivity index (χ2n) is 6.32. The van der Waals surface area contributed by atoms with Gasteiger partial charge in [-0.1, -0.05) is 19.1 Å². The number of sulfonamides is 1. The normalized spacial score (nSPS) is 13.0. The highest BCUT2D eigenvalue weighted by Crippen LogP contribution is 2.22. The number of rotatable bonds is 7. The fraction of sp³-hybridized carbons (Fsp3) is 0.444. The van der Waals surface area contributed by atoms with E-state index in [4.69, 9.17) is 0 Å². The van der Waals surface area contributed by atoms with Gasteiger partial charge >= 0.3 is 0 Å². The third-order valence-corrected chi connectivity index (χ3v) is 7.06. The molecule has 1 amide bonds. The number of nitrogens with one attached hydrogen (secondary N) is 1. The standard InChI is InChI=1S/C18H25N3O3S2/c1-6-7-16-19-13(3)17(25-16)18(22)20-12(2)14-8-10-15(11-9-14)26(23,24)21(4)5/h8-12H,6-7H2,1-5H3,(H,20,22). The summed E-state index contributed by atoms with van der Waals surface area (Å²) in [6.07, 6.45) is 1.86. The van der Waals surface area contributed by atoms with E-state index < -0.39 is 10.0 Å². The van der Waals surface area contributed by atoms with Crippen LogP contribution in [0.15, 0.2) is 29.2 Å². The van der Waals surface area contributed by atoms with Crippen molar-refractivity contribution in [3.63, 3.8) is 0 Å². The predicted molar refractivity (Wildman–Crippen MR) is 104 cm³/mol. The lowest BCUT2D eigenvalue weighted by atomic mass is 10.1. The highest BCUT2D eigenvalue weighted by Gasteiger charge is 2.20. The van der Waals surface area contributed by atoms with Crippen molar-refractivity contribution in [1.29, 1.82) is 0 Å². The van der Waals surface area contributed by atoms with Crippen LogP contribution in [0.3, 0.4) is 0 Å². The van der Waals surface area contributed by atoms with Gasteiger partial charge in [0.05, 0.1) is 21.6 Å². The fourth-order valence-electron chi connectivity index (χ4n) is 2.47. The molecule has 1 N–H and O–H groups in total. The first-order chi connectivity index (χ1) is 12.2. The van der Waals surface area contributed by atoms with Crippen molar-refractivity contribution in [2.24, 2.45) is 0 Å². The van der Waals surface area contributed by atoms with E-state index in [2.05, 4.69) is 17.2 Å². The van der Waals surface area contributed by atoms with Crippen molar-refractivity contribution < 1.29 is 13.2 Å². The zero-order valence-electron chi connectivity index (χ0n) is 15.7. The minimum absolute atomic E-state index is 0.153. The molecule has 26 heavy (non-hydrogen) atoms. The van der Waals surface area contributed by atoms with Crippen LogP contribution in [0.2, 0.25) is 0 Å². The average Bonchev–Trinajstić information content (AvgIpc) is 2.95. The maximum absolute atomic E-state index is 12.5. The molecule has 0 radical (unpaired) electrons. The summed E-state index contributed by atoms with van der Waals surface area (Å²) in [6.45, 7) is 5.80. The average molecular weight is 396 g/mol. The van der Waals surface area contributed by atoms with E-state index in [1.165, 1.54) is 29.7 Å². The van der Waals surface area contributed by atoms with Crippen LogP contribution in [0.5, 0.6) is 0 Å². The molecule has 0 bridgehead atoms. The van der Waals surface area contributed by atoms with E-state index in [1.54, 1.807) is 24.3 Å². The summed E-state index contributed by atoms with van der Waals surface area (Å²) in [5.41, 5.74) is 1.59. The Morgan fingerprint density at radius 1 is 1.27 bits per heavy atom. The van der Waals surface area contributed by atoms with Gasteiger partial charge in [-0.3, -0.25) is 4.79 Å². The number of carbonyl (C=O) groups is 1. The lowest BCUT2D eigenvalue weighted by Gasteiger charge is -2.16. The van der Waals surface area contributed by atoms with Gasteiger partial charge in [0.1, 0.15) is 4.88 Å². The Kier molecular flexibility index (Phi) is 6.54. The van der Waals surface area contributed by atoms with E-state index in [9.17, 15) is 13.2 Å². The first kappa shape index (κ1) is 20.5. The zero-order chi connectivity index (χ0) is 19.5. The van der Waals surface area contributed by atoms with Gasteiger partial charge in [0.15, 0.2) is 0 Å². The molecular weight excluding hydrogens is 370 g/mol. The van der Waals surface area contributed by atoms with E-state index in [-0.39, 0.29) is 16.8 Å². The summed E-state index contributed by atoms with van der Waals surface area (Å²) < 4.78 is 25.4. The number of carbonyl (C=O) groups excluding carboxylic acids is 1. The molecule has 1 unspecified atom stereocenters. The Balaban J connectivity index is 2.12. The van der Waals surface area contributed by atoms with Gasteiger partial charge in [-0.15, -0.1) is 11.3 Å². The van der Waals surface area contributed by atoms with E-state index in [1.807, 2.05) is 13.8 Å². The Morgan fingerprint density at radius 3 is 2.42 bits per heavy atom. The number of thiazole rings is 1. The van der Waals surface area contributed by atoms with Crippen LogP contribution in [0.25, 0.3) is 0 Å². The van der Waals surface area contributed by atoms with Crippen molar-refractivity contribution in [3.8, 4) is 0 Å². The molecule has 8 heteroatoms. The van der Waals surface area contributed by atoms with Crippen LogP contribution in [0.1, 0.15) is 52.2 Å². The lowest BCUT2D eigenvalue weighted by Crippen LogP contribution is -2.26. The molecule has 1 aromatic carbocycles. The van der Waals surface area contributed by atoms with Gasteiger partial charge in [0.2, 0.25) is 10.0 Å². The first-order valence-electron chi connectivity index (χ1n) is 8.46. The monoisotopic (exact) mass is 395 g/mol. The smallest absolute Gasteiger partial charge is 0.263 e. The molecule has 0 saturated heterocycles. The summed E-state index contributed by atoms with van der Waals surface area (Å²) in [5, 5.41) is 3.93. The maximum Gasteiger partial charge on any atom is 0.263 e. The number of amides is 1. The number of aromatic nitrogens is 1. The molecule has 0 aliphatic carbocycles. The molecule has 2 aromatic rings. The van der Waals surface area contributed by atoms with Gasteiger partial charge in [0, 0.05) is 14.1 Å². The lowest BCUT2D eigenvalue weighted by molar-refractivity contribution is 0.0943. The predicted octanol–water partition coefficient (Wildman–Crippen LogP) is 3.15. The van der Waals surface area contributed by atoms with Gasteiger partial charge in [-0.2, -0.15) is 0 Å². The largest absolute Gasteiger partial charge is 0.345 e. The summed E-state index contributed by atoms with van der Waals surface area (Å²) >= 11 is 1.43. The van der Waals surface area contributed by atoms with Crippen LogP contribution in [0.4, 0.5) is 0 Å². The summed E-state index contributed by atoms with van der Waals surface area (Å²) in [4.78, 5) is 17.8. The molecule has 0 fully saturated rings. The molecule has 0 aliphatic heterocycles. The summed E-state index contributed by atoms with van der Waals surface area (Å²) in [7, 11) is -0.462. The third-order valence-electron chi connectivity index (χ3n) is 4.02. The van der Waals surface area contributed by atoms with Crippen molar-refractivity contribution in [1.82, 2.24) is 14.6 Å². The van der Waals surface area contributed by atoms with Crippen molar-refractivity contribution in [2.75, 3.05) is 14.1 Å². The summed E-state index contributed by atoms with van der Waals surface area (Å²) in [5.74, 6) is -0.153. The molecule has 2 rings (SSSR count). The number of benzene rings is 1. The molecule has 1 aromatic heterocycles. The zero-order valence-corrected chi connectivity index (χ0v) is 17.4. The molecule has 0 saturated carbocycles. The molecule has 6 nitrogen and oxygen atoms in total. The van der Waals surface area contributed by atoms with Crippen LogP contribution in [-0.4, -0.2) is 37.7 Å². The Morgan fingerprint density at radius 2 is 1.88 bits per heavy atom. The second-order valence-corrected chi connectivity index (χ2v) is 9.56. The number of nitrogens with zero attached hydrogens (tertiary/aromatic N) is 2. The number of hydrogen-bond donors (Lipinski definition) is 1. The molecule has 142 valence electrons. The number of hydrogen-bond acceptors (Lipinski definition) is 5. The quantitative estimate of drug-likeness (QED) is 0.781. The SMILES string of the molecule is CCCc1nc(C)c(C(=O)NC(C)c2ccc(S(=O)(=O)N(C)C)cc2)s1. The highest BCUT2D eigenvalue weighted by atomic mass is 32.2. The summed E-state index contributed by atoms with van der Waals surface area (Å²) in [6, 6.07) is 6.33. The molecule has 0 spiro atoms. The minimum atomic E-state index is -3.45. The van der Waals surface area contributed by atoms with Gasteiger partial charge in [-0.25, -0.2) is 17.7 Å². The van der Waals surface area contributed by atoms with Crippen LogP contribution < -0.4 is 5.32 Å². The van der Waals surface area contributed by atoms with Gasteiger partial charge in [-0.05, 0) is 44.4 Å². The van der Waals surface area contributed by atoms with Crippen LogP contribution >= 0.6 is 11.3 Å². The van der Waals surface area contributed by atoms with E-state index >= 15 is 0 Å². The van der Waals surface area contributed by atoms with Gasteiger partial charge in [0.25, 0.3) is 5.91 Å². The second kappa shape index (κ2) is 8.28. The molecule has 1 atom stereocenters. The van der Waals surface area contributed by atoms with Crippen LogP contribution in [-0.2, 0) is 16.4 Å². The highest BCUT2D eigenvalue weighted by molar-refractivity contribution is 7.89. The molecule has 0 aliphatic rings. The van der Waals surface area contributed by atoms with Gasteiger partial charge < -0.3 is 5.32 Å². The van der Waals surface area contributed by atoms with E-state index in [0.29, 0.717) is 4.88 Å². The van der Waals surface area contributed by atoms with Crippen molar-refractivity contribution >= 4 is 27.3 Å². The van der Waals surface area contributed by atoms with E-state index in [0.717, 1.165) is 29.1 Å². The van der Waals surface area contributed by atoms with Crippen LogP contribution in [0, 0.1) is 6.92 Å². The maximum atomic E-state index is 12.5. The third kappa shape index (κ3) is 4.49. The van der Waals surface area contributed by atoms with Crippen molar-refractivity contribution in [3.05, 3.63) is 45.4 Å². The molecule has 1 heterocycles. The number of aryl methyl sites for hydroxylation is 2. The minimum Gasteiger partial charge on any atom is -0.345 e. The Bertz CT molecular complexity index is 872. The fourth-order valence-corrected chi connectivity index (χ4v) is 4.44. The Hall–Kier alpha value is -1.77. The van der Waals surface area contributed by atoms with Crippen molar-refractivity contribution in [2.45, 2.75) is 44.6 Å². The molecular formula is C18H25N3O3S2. The topological polar surface area (TPSA) is 79.4 Å². The Labute approximate surface area is 159 Å². The first-order valence-corrected chi connectivity index (χ1v) is 10.7.